The number of carbonyl (C=O) groups is 1. The molecule has 4 aromatic rings. The first kappa shape index (κ1) is 26.3. The number of sulfone groups is 1. The molecular weight excluding hydrogens is 502 g/mol. The molecule has 2 aromatic heterocycles. The van der Waals surface area contributed by atoms with Crippen LogP contribution in [0.4, 0.5) is 5.69 Å². The summed E-state index contributed by atoms with van der Waals surface area (Å²) in [5, 5.41) is 2.82. The molecule has 0 saturated carbocycles. The highest BCUT2D eigenvalue weighted by Gasteiger charge is 2.15. The van der Waals surface area contributed by atoms with Crippen molar-refractivity contribution in [3.05, 3.63) is 83.1 Å². The predicted molar refractivity (Wildman–Crippen MR) is 139 cm³/mol. The van der Waals surface area contributed by atoms with Crippen molar-refractivity contribution in [2.45, 2.75) is 32.6 Å². The number of carbonyl (C=O) groups excluding carboxylic acids is 1. The van der Waals surface area contributed by atoms with Gasteiger partial charge in [0.2, 0.25) is 0 Å². The molecule has 2 aromatic carbocycles. The molecule has 0 radical (unpaired) electrons. The maximum absolute atomic E-state index is 12.6. The Kier molecular flexibility index (Phi) is 9.37. The van der Waals surface area contributed by atoms with Crippen LogP contribution >= 0.6 is 15.9 Å². The summed E-state index contributed by atoms with van der Waals surface area (Å²) in [7, 11) is -3.34. The number of rotatable bonds is 4. The molecule has 174 valence electrons. The number of imidazole rings is 1. The van der Waals surface area contributed by atoms with Crippen LogP contribution in [0.15, 0.2) is 82.4 Å². The highest BCUT2D eigenvalue weighted by Crippen LogP contribution is 2.24. The van der Waals surface area contributed by atoms with Crippen LogP contribution in [0.25, 0.3) is 16.9 Å². The van der Waals surface area contributed by atoms with E-state index < -0.39 is 9.84 Å². The Bertz CT molecular complexity index is 1300. The third-order valence-electron chi connectivity index (χ3n) is 4.42. The van der Waals surface area contributed by atoms with Crippen LogP contribution in [0, 0.1) is 0 Å². The Labute approximate surface area is 203 Å². The minimum atomic E-state index is -3.34. The first-order chi connectivity index (χ1) is 15.8. The van der Waals surface area contributed by atoms with E-state index in [4.69, 9.17) is 0 Å². The molecule has 8 heteroatoms. The number of halogens is 1. The second-order valence-corrected chi connectivity index (χ2v) is 9.41. The summed E-state index contributed by atoms with van der Waals surface area (Å²) >= 11 is 3.28. The van der Waals surface area contributed by atoms with Crippen LogP contribution < -0.4 is 5.32 Å². The van der Waals surface area contributed by atoms with Crippen LogP contribution in [0.2, 0.25) is 0 Å². The number of pyridine rings is 1. The number of nitrogens with one attached hydrogen (secondary N) is 1. The van der Waals surface area contributed by atoms with Crippen molar-refractivity contribution < 1.29 is 13.2 Å². The largest absolute Gasteiger partial charge is 0.322 e. The lowest BCUT2D eigenvalue weighted by Gasteiger charge is -2.09. The van der Waals surface area contributed by atoms with E-state index in [2.05, 4.69) is 26.2 Å². The summed E-state index contributed by atoms with van der Waals surface area (Å²) in [5.74, 6) is -0.336. The molecule has 33 heavy (non-hydrogen) atoms. The van der Waals surface area contributed by atoms with Gasteiger partial charge in [0.15, 0.2) is 9.84 Å². The van der Waals surface area contributed by atoms with Crippen LogP contribution in [0.5, 0.6) is 0 Å². The van der Waals surface area contributed by atoms with Crippen LogP contribution in [-0.4, -0.2) is 30.0 Å². The van der Waals surface area contributed by atoms with Crippen molar-refractivity contribution >= 4 is 43.0 Å². The molecule has 2 heterocycles. The number of nitrogens with zero attached hydrogens (tertiary/aromatic N) is 2. The molecule has 0 bridgehead atoms. The zero-order valence-electron chi connectivity index (χ0n) is 19.3. The molecular formula is C25H28BrN3O3S. The van der Waals surface area contributed by atoms with Crippen LogP contribution in [0.3, 0.4) is 0 Å². The molecule has 0 spiro atoms. The van der Waals surface area contributed by atoms with E-state index in [1.165, 1.54) is 18.2 Å². The van der Waals surface area contributed by atoms with Gasteiger partial charge in [-0.1, -0.05) is 45.9 Å². The molecule has 0 fully saturated rings. The highest BCUT2D eigenvalue weighted by atomic mass is 79.9. The monoisotopic (exact) mass is 529 g/mol. The van der Waals surface area contributed by atoms with Gasteiger partial charge in [0.25, 0.3) is 5.91 Å². The van der Waals surface area contributed by atoms with Crippen molar-refractivity contribution in [3.63, 3.8) is 0 Å². The van der Waals surface area contributed by atoms with Gasteiger partial charge < -0.3 is 9.72 Å². The standard InChI is InChI=1S/C21H16BrN3O3S.2C2H6/c1-29(27,28)16-9-10-17(18(22)12-16)21(26)23-15-7-5-14(6-8-15)19-13-25-11-3-2-4-20(25)24-19;2*1-2/h2-13H,1H3,(H,23,26);2*1-2H3. The molecule has 1 N–H and O–H groups in total. The van der Waals surface area contributed by atoms with Crippen LogP contribution in [-0.2, 0) is 9.84 Å². The molecule has 6 nitrogen and oxygen atoms in total. The topological polar surface area (TPSA) is 80.5 Å². The first-order valence-electron chi connectivity index (χ1n) is 10.7. The Morgan fingerprint density at radius 2 is 1.64 bits per heavy atom. The number of hydrogen-bond donors (Lipinski definition) is 1. The molecule has 0 aliphatic carbocycles. The summed E-state index contributed by atoms with van der Waals surface area (Å²) in [4.78, 5) is 17.3. The Hall–Kier alpha value is -2.97. The molecule has 1 amide bonds. The van der Waals surface area contributed by atoms with Gasteiger partial charge in [0.1, 0.15) is 5.65 Å². The van der Waals surface area contributed by atoms with E-state index in [-0.39, 0.29) is 10.8 Å². The second-order valence-electron chi connectivity index (χ2n) is 6.54. The van der Waals surface area contributed by atoms with Crippen molar-refractivity contribution in [2.24, 2.45) is 0 Å². The zero-order chi connectivity index (χ0) is 24.6. The number of benzene rings is 2. The summed E-state index contributed by atoms with van der Waals surface area (Å²) in [6.45, 7) is 8.00. The van der Waals surface area contributed by atoms with Crippen molar-refractivity contribution in [3.8, 4) is 11.3 Å². The first-order valence-corrected chi connectivity index (χ1v) is 13.3. The summed E-state index contributed by atoms with van der Waals surface area (Å²) in [5.41, 5.74) is 3.62. The van der Waals surface area contributed by atoms with Gasteiger partial charge in [-0.3, -0.25) is 4.79 Å². The van der Waals surface area contributed by atoms with E-state index in [0.29, 0.717) is 15.7 Å². The Morgan fingerprint density at radius 3 is 2.21 bits per heavy atom. The number of aromatic nitrogens is 2. The van der Waals surface area contributed by atoms with Gasteiger partial charge in [-0.05, 0) is 58.4 Å². The van der Waals surface area contributed by atoms with E-state index in [0.717, 1.165) is 23.2 Å². The van der Waals surface area contributed by atoms with Crippen molar-refractivity contribution in [2.75, 3.05) is 11.6 Å². The molecule has 0 aliphatic heterocycles. The predicted octanol–water partition coefficient (Wildman–Crippen LogP) is 6.47. The van der Waals surface area contributed by atoms with E-state index in [1.807, 2.05) is 74.8 Å². The smallest absolute Gasteiger partial charge is 0.256 e. The van der Waals surface area contributed by atoms with Gasteiger partial charge in [0.05, 0.1) is 16.2 Å². The van der Waals surface area contributed by atoms with E-state index >= 15 is 0 Å². The number of fused-ring (bicyclic) bond motifs is 1. The third kappa shape index (κ3) is 6.52. The lowest BCUT2D eigenvalue weighted by molar-refractivity contribution is 0.102. The molecule has 0 saturated heterocycles. The fraction of sp³-hybridized carbons (Fsp3) is 0.200. The van der Waals surface area contributed by atoms with E-state index in [9.17, 15) is 13.2 Å². The zero-order valence-corrected chi connectivity index (χ0v) is 21.7. The van der Waals surface area contributed by atoms with Crippen molar-refractivity contribution in [1.29, 1.82) is 0 Å². The Morgan fingerprint density at radius 1 is 0.970 bits per heavy atom. The fourth-order valence-corrected chi connectivity index (χ4v) is 4.26. The fourth-order valence-electron chi connectivity index (χ4n) is 2.91. The van der Waals surface area contributed by atoms with Gasteiger partial charge in [-0.2, -0.15) is 0 Å². The maximum atomic E-state index is 12.6. The lowest BCUT2D eigenvalue weighted by atomic mass is 10.1. The minimum Gasteiger partial charge on any atom is -0.322 e. The van der Waals surface area contributed by atoms with Gasteiger partial charge in [-0.25, -0.2) is 13.4 Å². The van der Waals surface area contributed by atoms with Gasteiger partial charge in [0, 0.05) is 34.4 Å². The SMILES string of the molecule is CC.CC.CS(=O)(=O)c1ccc(C(=O)Nc2ccc(-c3cn4ccccc4n3)cc2)c(Br)c1. The summed E-state index contributed by atoms with van der Waals surface area (Å²) in [6, 6.07) is 17.5. The minimum absolute atomic E-state index is 0.151. The molecule has 0 atom stereocenters. The Balaban J connectivity index is 0.000000914. The molecule has 4 rings (SSSR count). The summed E-state index contributed by atoms with van der Waals surface area (Å²) < 4.78 is 25.6. The molecule has 0 unspecified atom stereocenters. The summed E-state index contributed by atoms with van der Waals surface area (Å²) in [6.07, 6.45) is 5.01. The highest BCUT2D eigenvalue weighted by molar-refractivity contribution is 9.10. The number of amides is 1. The normalized spacial score (nSPS) is 10.5. The number of hydrogen-bond acceptors (Lipinski definition) is 4. The lowest BCUT2D eigenvalue weighted by Crippen LogP contribution is -2.13. The average Bonchev–Trinajstić information content (AvgIpc) is 3.26. The van der Waals surface area contributed by atoms with Crippen LogP contribution in [0.1, 0.15) is 38.1 Å². The van der Waals surface area contributed by atoms with Gasteiger partial charge >= 0.3 is 0 Å². The second kappa shape index (κ2) is 11.8. The molecule has 0 aliphatic rings. The average molecular weight is 530 g/mol. The maximum Gasteiger partial charge on any atom is 0.256 e. The van der Waals surface area contributed by atoms with Crippen molar-refractivity contribution in [1.82, 2.24) is 9.38 Å². The number of anilines is 1. The van der Waals surface area contributed by atoms with Gasteiger partial charge in [-0.15, -0.1) is 0 Å². The third-order valence-corrected chi connectivity index (χ3v) is 6.18. The quantitative estimate of drug-likeness (QED) is 0.328. The van der Waals surface area contributed by atoms with E-state index in [1.54, 1.807) is 12.1 Å².